The summed E-state index contributed by atoms with van der Waals surface area (Å²) in [4.78, 5) is 16.6. The Morgan fingerprint density at radius 3 is 2.63 bits per heavy atom. The maximum Gasteiger partial charge on any atom is 0.319 e. The molecule has 0 saturated heterocycles. The van der Waals surface area contributed by atoms with Crippen molar-refractivity contribution in [1.29, 1.82) is 5.26 Å². The maximum atomic E-state index is 12.0. The number of benzene rings is 2. The largest absolute Gasteiger partial charge is 0.367 e. The van der Waals surface area contributed by atoms with Gasteiger partial charge in [-0.2, -0.15) is 5.26 Å². The number of para-hydroxylation sites is 2. The second-order valence-electron chi connectivity index (χ2n) is 6.27. The smallest absolute Gasteiger partial charge is 0.319 e. The molecule has 0 radical (unpaired) electrons. The Morgan fingerprint density at radius 1 is 1.07 bits per heavy atom. The van der Waals surface area contributed by atoms with Gasteiger partial charge in [0.1, 0.15) is 11.9 Å². The normalized spacial score (nSPS) is 10.3. The molecule has 0 aliphatic carbocycles. The SMILES string of the molecule is Cc1ccccc1NC(=O)NCCNc1nc2c(C)cccc2cc1C#N. The standard InChI is InChI=1S/C21H21N5O/c1-14-6-3-4-9-18(14)25-21(27)24-11-10-23-20-17(13-22)12-16-8-5-7-15(2)19(16)26-20/h3-9,12H,10-11H2,1-2H3,(H,23,26)(H2,24,25,27). The molecule has 0 aliphatic rings. The number of nitriles is 1. The number of amides is 2. The average Bonchev–Trinajstić information content (AvgIpc) is 2.67. The Labute approximate surface area is 158 Å². The highest BCUT2D eigenvalue weighted by atomic mass is 16.2. The summed E-state index contributed by atoms with van der Waals surface area (Å²) in [5.41, 5.74) is 4.18. The van der Waals surface area contributed by atoms with Crippen LogP contribution in [0.1, 0.15) is 16.7 Å². The second kappa shape index (κ2) is 8.19. The summed E-state index contributed by atoms with van der Waals surface area (Å²) < 4.78 is 0. The molecule has 2 amide bonds. The second-order valence-corrected chi connectivity index (χ2v) is 6.27. The Kier molecular flexibility index (Phi) is 5.53. The molecule has 3 rings (SSSR count). The number of anilines is 2. The number of aryl methyl sites for hydroxylation is 2. The van der Waals surface area contributed by atoms with Gasteiger partial charge in [0, 0.05) is 24.2 Å². The monoisotopic (exact) mass is 359 g/mol. The van der Waals surface area contributed by atoms with E-state index in [1.54, 1.807) is 0 Å². The third kappa shape index (κ3) is 4.33. The van der Waals surface area contributed by atoms with Crippen LogP contribution in [-0.2, 0) is 0 Å². The van der Waals surface area contributed by atoms with Crippen molar-refractivity contribution in [3.05, 3.63) is 65.2 Å². The molecule has 0 atom stereocenters. The van der Waals surface area contributed by atoms with Crippen molar-refractivity contribution in [1.82, 2.24) is 10.3 Å². The van der Waals surface area contributed by atoms with Crippen molar-refractivity contribution in [2.75, 3.05) is 23.7 Å². The first kappa shape index (κ1) is 18.2. The Balaban J connectivity index is 1.59. The molecular formula is C21H21N5O. The van der Waals surface area contributed by atoms with Gasteiger partial charge in [0.25, 0.3) is 0 Å². The topological polar surface area (TPSA) is 89.8 Å². The number of rotatable bonds is 5. The lowest BCUT2D eigenvalue weighted by atomic mass is 10.1. The van der Waals surface area contributed by atoms with E-state index in [2.05, 4.69) is 27.0 Å². The minimum absolute atomic E-state index is 0.270. The Morgan fingerprint density at radius 2 is 1.85 bits per heavy atom. The number of nitrogens with one attached hydrogen (secondary N) is 3. The van der Waals surface area contributed by atoms with E-state index in [1.807, 2.05) is 62.4 Å². The Bertz CT molecular complexity index is 1020. The average molecular weight is 359 g/mol. The summed E-state index contributed by atoms with van der Waals surface area (Å²) in [5, 5.41) is 19.1. The summed E-state index contributed by atoms with van der Waals surface area (Å²) >= 11 is 0. The molecule has 0 spiro atoms. The van der Waals surface area contributed by atoms with Crippen LogP contribution in [0, 0.1) is 25.2 Å². The molecule has 0 unspecified atom stereocenters. The van der Waals surface area contributed by atoms with Gasteiger partial charge in [0.15, 0.2) is 0 Å². The third-order valence-electron chi connectivity index (χ3n) is 4.26. The van der Waals surface area contributed by atoms with Crippen LogP contribution in [0.2, 0.25) is 0 Å². The van der Waals surface area contributed by atoms with Crippen LogP contribution in [0.15, 0.2) is 48.5 Å². The van der Waals surface area contributed by atoms with Crippen LogP contribution in [-0.4, -0.2) is 24.1 Å². The van der Waals surface area contributed by atoms with E-state index in [4.69, 9.17) is 0 Å². The van der Waals surface area contributed by atoms with Crippen LogP contribution < -0.4 is 16.0 Å². The third-order valence-corrected chi connectivity index (χ3v) is 4.26. The van der Waals surface area contributed by atoms with E-state index in [0.717, 1.165) is 27.7 Å². The number of pyridine rings is 1. The van der Waals surface area contributed by atoms with Gasteiger partial charge in [-0.25, -0.2) is 9.78 Å². The first-order valence-corrected chi connectivity index (χ1v) is 8.73. The zero-order valence-electron chi connectivity index (χ0n) is 15.3. The fourth-order valence-electron chi connectivity index (χ4n) is 2.80. The summed E-state index contributed by atoms with van der Waals surface area (Å²) in [6, 6.07) is 17.2. The highest BCUT2D eigenvalue weighted by Gasteiger charge is 2.08. The van der Waals surface area contributed by atoms with Gasteiger partial charge in [-0.15, -0.1) is 0 Å². The predicted molar refractivity (Wildman–Crippen MR) is 108 cm³/mol. The molecule has 27 heavy (non-hydrogen) atoms. The molecule has 3 N–H and O–H groups in total. The predicted octanol–water partition coefficient (Wildman–Crippen LogP) is 3.96. The van der Waals surface area contributed by atoms with Crippen LogP contribution in [0.3, 0.4) is 0 Å². The molecule has 2 aromatic carbocycles. The number of aromatic nitrogens is 1. The van der Waals surface area contributed by atoms with E-state index in [-0.39, 0.29) is 6.03 Å². The van der Waals surface area contributed by atoms with Gasteiger partial charge in [-0.05, 0) is 37.1 Å². The van der Waals surface area contributed by atoms with Gasteiger partial charge < -0.3 is 16.0 Å². The van der Waals surface area contributed by atoms with Crippen molar-refractivity contribution >= 4 is 28.4 Å². The maximum absolute atomic E-state index is 12.0. The van der Waals surface area contributed by atoms with Crippen LogP contribution in [0.4, 0.5) is 16.3 Å². The molecule has 0 fully saturated rings. The van der Waals surface area contributed by atoms with Crippen molar-refractivity contribution in [3.63, 3.8) is 0 Å². The number of hydrogen-bond acceptors (Lipinski definition) is 4. The number of carbonyl (C=O) groups excluding carboxylic acids is 1. The highest BCUT2D eigenvalue weighted by Crippen LogP contribution is 2.22. The molecule has 6 heteroatoms. The lowest BCUT2D eigenvalue weighted by Crippen LogP contribution is -2.33. The number of carbonyl (C=O) groups is 1. The van der Waals surface area contributed by atoms with Gasteiger partial charge in [-0.1, -0.05) is 36.4 Å². The first-order chi connectivity index (χ1) is 13.1. The summed E-state index contributed by atoms with van der Waals surface area (Å²) in [6.07, 6.45) is 0. The van der Waals surface area contributed by atoms with Gasteiger partial charge in [-0.3, -0.25) is 0 Å². The van der Waals surface area contributed by atoms with Crippen molar-refractivity contribution < 1.29 is 4.79 Å². The zero-order chi connectivity index (χ0) is 19.2. The zero-order valence-corrected chi connectivity index (χ0v) is 15.3. The molecule has 3 aromatic rings. The van der Waals surface area contributed by atoms with Crippen LogP contribution in [0.5, 0.6) is 0 Å². The minimum atomic E-state index is -0.270. The van der Waals surface area contributed by atoms with Gasteiger partial charge in [0.2, 0.25) is 0 Å². The van der Waals surface area contributed by atoms with E-state index in [0.29, 0.717) is 24.5 Å². The van der Waals surface area contributed by atoms with Crippen molar-refractivity contribution in [2.24, 2.45) is 0 Å². The molecule has 1 aromatic heterocycles. The fraction of sp³-hybridized carbons (Fsp3) is 0.190. The van der Waals surface area contributed by atoms with E-state index in [1.165, 1.54) is 0 Å². The number of urea groups is 1. The molecule has 6 nitrogen and oxygen atoms in total. The Hall–Kier alpha value is -3.59. The molecule has 136 valence electrons. The molecule has 1 heterocycles. The first-order valence-electron chi connectivity index (χ1n) is 8.73. The lowest BCUT2D eigenvalue weighted by Gasteiger charge is -2.12. The van der Waals surface area contributed by atoms with Crippen LogP contribution >= 0.6 is 0 Å². The molecular weight excluding hydrogens is 338 g/mol. The fourth-order valence-corrected chi connectivity index (χ4v) is 2.80. The van der Waals surface area contributed by atoms with E-state index >= 15 is 0 Å². The van der Waals surface area contributed by atoms with Crippen molar-refractivity contribution in [2.45, 2.75) is 13.8 Å². The molecule has 0 saturated carbocycles. The van der Waals surface area contributed by atoms with Gasteiger partial charge >= 0.3 is 6.03 Å². The van der Waals surface area contributed by atoms with Crippen LogP contribution in [0.25, 0.3) is 10.9 Å². The molecule has 0 aliphatic heterocycles. The number of fused-ring (bicyclic) bond motifs is 1. The summed E-state index contributed by atoms with van der Waals surface area (Å²) in [5.74, 6) is 0.528. The summed E-state index contributed by atoms with van der Waals surface area (Å²) in [7, 11) is 0. The van der Waals surface area contributed by atoms with Crippen molar-refractivity contribution in [3.8, 4) is 6.07 Å². The van der Waals surface area contributed by atoms with E-state index < -0.39 is 0 Å². The molecule has 0 bridgehead atoms. The minimum Gasteiger partial charge on any atom is -0.367 e. The van der Waals surface area contributed by atoms with E-state index in [9.17, 15) is 10.1 Å². The highest BCUT2D eigenvalue weighted by molar-refractivity contribution is 5.90. The number of nitrogens with zero attached hydrogens (tertiary/aromatic N) is 2. The number of hydrogen-bond donors (Lipinski definition) is 3. The summed E-state index contributed by atoms with van der Waals surface area (Å²) in [6.45, 7) is 4.78. The van der Waals surface area contributed by atoms with Gasteiger partial charge in [0.05, 0.1) is 11.1 Å². The quantitative estimate of drug-likeness (QED) is 0.602. The lowest BCUT2D eigenvalue weighted by molar-refractivity contribution is 0.252.